The lowest BCUT2D eigenvalue weighted by atomic mass is 10.0. The van der Waals surface area contributed by atoms with Crippen LogP contribution in [0.2, 0.25) is 0 Å². The van der Waals surface area contributed by atoms with Gasteiger partial charge in [-0.15, -0.1) is 0 Å². The number of rotatable bonds is 3. The number of halogens is 1. The number of methoxy groups -OCH3 is 1. The molecule has 0 aromatic heterocycles. The van der Waals surface area contributed by atoms with Crippen molar-refractivity contribution in [3.05, 3.63) is 24.0 Å². The van der Waals surface area contributed by atoms with Gasteiger partial charge in [0.15, 0.2) is 11.6 Å². The molecular weight excluding hydrogens is 297 g/mol. The zero-order valence-corrected chi connectivity index (χ0v) is 13.5. The lowest BCUT2D eigenvalue weighted by Crippen LogP contribution is -2.52. The molecule has 0 unspecified atom stereocenters. The van der Waals surface area contributed by atoms with Crippen molar-refractivity contribution in [1.29, 1.82) is 0 Å². The molecule has 2 aliphatic rings. The maximum absolute atomic E-state index is 13.8. The highest BCUT2D eigenvalue weighted by Crippen LogP contribution is 2.28. The minimum absolute atomic E-state index is 0.0104. The van der Waals surface area contributed by atoms with Gasteiger partial charge in [-0.3, -0.25) is 4.79 Å². The second kappa shape index (κ2) is 6.74. The van der Waals surface area contributed by atoms with Crippen molar-refractivity contribution >= 4 is 11.6 Å². The molecule has 126 valence electrons. The van der Waals surface area contributed by atoms with Crippen molar-refractivity contribution in [3.63, 3.8) is 0 Å². The predicted molar refractivity (Wildman–Crippen MR) is 87.1 cm³/mol. The van der Waals surface area contributed by atoms with Crippen LogP contribution in [0.1, 0.15) is 19.3 Å². The molecule has 2 atom stereocenters. The summed E-state index contributed by atoms with van der Waals surface area (Å²) in [5.74, 6) is 0.0637. The van der Waals surface area contributed by atoms with Gasteiger partial charge in [-0.25, -0.2) is 4.39 Å². The van der Waals surface area contributed by atoms with E-state index in [4.69, 9.17) is 10.5 Å². The predicted octanol–water partition coefficient (Wildman–Crippen LogP) is 1.61. The lowest BCUT2D eigenvalue weighted by molar-refractivity contribution is -0.136. The van der Waals surface area contributed by atoms with Crippen molar-refractivity contribution in [2.75, 3.05) is 38.2 Å². The molecule has 1 aliphatic heterocycles. The number of nitrogens with two attached hydrogens (primary N) is 1. The number of nitrogens with zero attached hydrogens (tertiary/aromatic N) is 2. The van der Waals surface area contributed by atoms with Crippen LogP contribution >= 0.6 is 0 Å². The zero-order valence-electron chi connectivity index (χ0n) is 13.5. The summed E-state index contributed by atoms with van der Waals surface area (Å²) >= 11 is 0. The Bertz CT molecular complexity index is 573. The first kappa shape index (κ1) is 16.1. The average Bonchev–Trinajstić information content (AvgIpc) is 3.00. The number of piperazine rings is 1. The normalized spacial score (nSPS) is 24.8. The van der Waals surface area contributed by atoms with E-state index >= 15 is 0 Å². The van der Waals surface area contributed by atoms with E-state index in [1.54, 1.807) is 6.07 Å². The molecule has 3 rings (SSSR count). The van der Waals surface area contributed by atoms with E-state index in [-0.39, 0.29) is 29.4 Å². The van der Waals surface area contributed by atoms with Crippen molar-refractivity contribution in [1.82, 2.24) is 4.90 Å². The fourth-order valence-electron chi connectivity index (χ4n) is 3.57. The van der Waals surface area contributed by atoms with Crippen molar-refractivity contribution < 1.29 is 13.9 Å². The maximum Gasteiger partial charge on any atom is 0.227 e. The molecular formula is C17H24FN3O2. The van der Waals surface area contributed by atoms with E-state index in [9.17, 15) is 9.18 Å². The highest BCUT2D eigenvalue weighted by atomic mass is 19.1. The number of carbonyl (C=O) groups excluding carboxylic acids is 1. The van der Waals surface area contributed by atoms with Crippen LogP contribution in [0.5, 0.6) is 5.75 Å². The third-order valence-corrected chi connectivity index (χ3v) is 4.98. The molecule has 5 nitrogen and oxygen atoms in total. The fraction of sp³-hybridized carbons (Fsp3) is 0.588. The quantitative estimate of drug-likeness (QED) is 0.919. The van der Waals surface area contributed by atoms with Gasteiger partial charge in [0.1, 0.15) is 0 Å². The lowest BCUT2D eigenvalue weighted by Gasteiger charge is -2.37. The summed E-state index contributed by atoms with van der Waals surface area (Å²) in [6.07, 6.45) is 2.90. The van der Waals surface area contributed by atoms with Gasteiger partial charge >= 0.3 is 0 Å². The van der Waals surface area contributed by atoms with E-state index in [2.05, 4.69) is 4.90 Å². The van der Waals surface area contributed by atoms with Crippen molar-refractivity contribution in [2.24, 2.45) is 11.7 Å². The molecule has 23 heavy (non-hydrogen) atoms. The Morgan fingerprint density at radius 1 is 1.26 bits per heavy atom. The van der Waals surface area contributed by atoms with Crippen LogP contribution in [-0.4, -0.2) is 50.1 Å². The monoisotopic (exact) mass is 321 g/mol. The van der Waals surface area contributed by atoms with Gasteiger partial charge in [0.25, 0.3) is 0 Å². The number of anilines is 1. The van der Waals surface area contributed by atoms with Crippen molar-refractivity contribution in [2.45, 2.75) is 25.3 Å². The minimum Gasteiger partial charge on any atom is -0.494 e. The summed E-state index contributed by atoms with van der Waals surface area (Å²) in [5, 5.41) is 0. The Hall–Kier alpha value is -1.82. The first-order chi connectivity index (χ1) is 11.1. The Kier molecular flexibility index (Phi) is 4.71. The summed E-state index contributed by atoms with van der Waals surface area (Å²) < 4.78 is 18.8. The Morgan fingerprint density at radius 3 is 2.57 bits per heavy atom. The minimum atomic E-state index is -0.361. The van der Waals surface area contributed by atoms with Crippen LogP contribution in [0.25, 0.3) is 0 Å². The van der Waals surface area contributed by atoms with E-state index in [1.807, 2.05) is 11.0 Å². The van der Waals surface area contributed by atoms with Gasteiger partial charge in [0, 0.05) is 44.0 Å². The van der Waals surface area contributed by atoms with Gasteiger partial charge in [-0.2, -0.15) is 0 Å². The first-order valence-corrected chi connectivity index (χ1v) is 8.23. The van der Waals surface area contributed by atoms with Gasteiger partial charge in [-0.1, -0.05) is 6.42 Å². The smallest absolute Gasteiger partial charge is 0.227 e. The molecule has 1 amide bonds. The molecule has 0 radical (unpaired) electrons. The molecule has 1 aliphatic carbocycles. The van der Waals surface area contributed by atoms with E-state index in [0.717, 1.165) is 24.9 Å². The topological polar surface area (TPSA) is 58.8 Å². The highest BCUT2D eigenvalue weighted by molar-refractivity contribution is 5.80. The summed E-state index contributed by atoms with van der Waals surface area (Å²) in [4.78, 5) is 16.5. The van der Waals surface area contributed by atoms with Crippen LogP contribution in [0, 0.1) is 11.7 Å². The number of amides is 1. The van der Waals surface area contributed by atoms with E-state index in [0.29, 0.717) is 26.2 Å². The number of hydrogen-bond donors (Lipinski definition) is 1. The molecule has 1 aromatic rings. The highest BCUT2D eigenvalue weighted by Gasteiger charge is 2.34. The average molecular weight is 321 g/mol. The van der Waals surface area contributed by atoms with Crippen LogP contribution in [0.15, 0.2) is 18.2 Å². The molecule has 1 heterocycles. The van der Waals surface area contributed by atoms with Gasteiger partial charge in [0.05, 0.1) is 13.0 Å². The van der Waals surface area contributed by atoms with E-state index in [1.165, 1.54) is 13.2 Å². The number of hydrogen-bond acceptors (Lipinski definition) is 4. The van der Waals surface area contributed by atoms with Gasteiger partial charge in [0.2, 0.25) is 5.91 Å². The first-order valence-electron chi connectivity index (χ1n) is 8.23. The summed E-state index contributed by atoms with van der Waals surface area (Å²) in [7, 11) is 1.45. The Balaban J connectivity index is 1.60. The van der Waals surface area contributed by atoms with Crippen LogP contribution in [-0.2, 0) is 4.79 Å². The standard InChI is InChI=1S/C17H24FN3O2/c1-23-16-6-5-12(11-14(16)18)20-7-9-21(10-8-20)17(22)13-3-2-4-15(13)19/h5-6,11,13,15H,2-4,7-10,19H2,1H3/t13-,15+/m1/s1. The van der Waals surface area contributed by atoms with E-state index < -0.39 is 0 Å². The number of ether oxygens (including phenoxy) is 1. The second-order valence-electron chi connectivity index (χ2n) is 6.33. The zero-order chi connectivity index (χ0) is 16.4. The molecule has 0 spiro atoms. The summed E-state index contributed by atoms with van der Waals surface area (Å²) in [6, 6.07) is 4.99. The van der Waals surface area contributed by atoms with Gasteiger partial charge in [-0.05, 0) is 25.0 Å². The molecule has 0 bridgehead atoms. The number of benzene rings is 1. The maximum atomic E-state index is 13.8. The molecule has 6 heteroatoms. The van der Waals surface area contributed by atoms with Crippen LogP contribution in [0.3, 0.4) is 0 Å². The fourth-order valence-corrected chi connectivity index (χ4v) is 3.57. The molecule has 2 N–H and O–H groups in total. The third kappa shape index (κ3) is 3.27. The van der Waals surface area contributed by atoms with Crippen molar-refractivity contribution in [3.8, 4) is 5.75 Å². The Morgan fingerprint density at radius 2 is 2.00 bits per heavy atom. The van der Waals surface area contributed by atoms with Gasteiger partial charge < -0.3 is 20.3 Å². The molecule has 1 aromatic carbocycles. The Labute approximate surface area is 136 Å². The largest absolute Gasteiger partial charge is 0.494 e. The second-order valence-corrected chi connectivity index (χ2v) is 6.33. The summed E-state index contributed by atoms with van der Waals surface area (Å²) in [6.45, 7) is 2.74. The SMILES string of the molecule is COc1ccc(N2CCN(C(=O)[C@@H]3CCC[C@@H]3N)CC2)cc1F. The summed E-state index contributed by atoms with van der Waals surface area (Å²) in [5.41, 5.74) is 6.86. The van der Waals surface area contributed by atoms with Crippen LogP contribution in [0.4, 0.5) is 10.1 Å². The molecule has 1 saturated heterocycles. The molecule has 1 saturated carbocycles. The molecule has 2 fully saturated rings. The van der Waals surface area contributed by atoms with Crippen LogP contribution < -0.4 is 15.4 Å². The third-order valence-electron chi connectivity index (χ3n) is 4.98. The number of carbonyl (C=O) groups is 1.